The van der Waals surface area contributed by atoms with Crippen LogP contribution in [0.1, 0.15) is 12.8 Å². The first-order valence-electron chi connectivity index (χ1n) is 6.67. The number of primary amides is 1. The van der Waals surface area contributed by atoms with E-state index in [1.807, 2.05) is 9.80 Å². The number of nitrogens with two attached hydrogens (primary N) is 1. The highest BCUT2D eigenvalue weighted by Crippen LogP contribution is 2.19. The molecule has 0 radical (unpaired) electrons. The van der Waals surface area contributed by atoms with Gasteiger partial charge in [-0.3, -0.25) is 14.5 Å². The highest BCUT2D eigenvalue weighted by Gasteiger charge is 2.29. The summed E-state index contributed by atoms with van der Waals surface area (Å²) in [5, 5.41) is 3.25. The summed E-state index contributed by atoms with van der Waals surface area (Å²) in [6.45, 7) is 5.34. The van der Waals surface area contributed by atoms with Crippen LogP contribution in [0.4, 0.5) is 0 Å². The van der Waals surface area contributed by atoms with E-state index >= 15 is 0 Å². The van der Waals surface area contributed by atoms with Crippen molar-refractivity contribution in [2.24, 2.45) is 11.7 Å². The predicted octanol–water partition coefficient (Wildman–Crippen LogP) is -1.38. The quantitative estimate of drug-likeness (QED) is 0.650. The molecule has 2 amide bonds. The topological polar surface area (TPSA) is 78.7 Å². The van der Waals surface area contributed by atoms with Crippen molar-refractivity contribution < 1.29 is 9.59 Å². The molecule has 2 fully saturated rings. The Balaban J connectivity index is 1.78. The van der Waals surface area contributed by atoms with Gasteiger partial charge in [0.2, 0.25) is 11.8 Å². The van der Waals surface area contributed by atoms with Gasteiger partial charge in [-0.1, -0.05) is 0 Å². The van der Waals surface area contributed by atoms with Gasteiger partial charge < -0.3 is 16.0 Å². The van der Waals surface area contributed by atoms with Crippen LogP contribution in [0.15, 0.2) is 0 Å². The molecule has 3 N–H and O–H groups in total. The monoisotopic (exact) mass is 254 g/mol. The fraction of sp³-hybridized carbons (Fsp3) is 0.833. The first kappa shape index (κ1) is 13.3. The first-order chi connectivity index (χ1) is 8.66. The van der Waals surface area contributed by atoms with Crippen LogP contribution in [-0.2, 0) is 9.59 Å². The molecule has 102 valence electrons. The van der Waals surface area contributed by atoms with E-state index in [2.05, 4.69) is 5.32 Å². The lowest BCUT2D eigenvalue weighted by Crippen LogP contribution is -2.50. The first-order valence-corrected chi connectivity index (χ1v) is 6.67. The van der Waals surface area contributed by atoms with Crippen LogP contribution >= 0.6 is 0 Å². The standard InChI is InChI=1S/C12H22N4O2/c13-11(17)9-15-5-1-10(2-6-15)12(18)16-7-3-14-4-8-16/h10,14H,1-9H2,(H2,13,17). The van der Waals surface area contributed by atoms with E-state index in [9.17, 15) is 9.59 Å². The lowest BCUT2D eigenvalue weighted by molar-refractivity contribution is -0.137. The molecule has 2 saturated heterocycles. The minimum atomic E-state index is -0.290. The van der Waals surface area contributed by atoms with Gasteiger partial charge in [-0.05, 0) is 25.9 Å². The largest absolute Gasteiger partial charge is 0.369 e. The van der Waals surface area contributed by atoms with E-state index in [0.29, 0.717) is 6.54 Å². The third-order valence-electron chi connectivity index (χ3n) is 3.74. The highest BCUT2D eigenvalue weighted by molar-refractivity contribution is 5.79. The van der Waals surface area contributed by atoms with Gasteiger partial charge in [0.25, 0.3) is 0 Å². The van der Waals surface area contributed by atoms with Crippen LogP contribution in [0.5, 0.6) is 0 Å². The van der Waals surface area contributed by atoms with Crippen LogP contribution in [0.3, 0.4) is 0 Å². The molecule has 0 saturated carbocycles. The van der Waals surface area contributed by atoms with Gasteiger partial charge in [0.1, 0.15) is 0 Å². The number of carbonyl (C=O) groups excluding carboxylic acids is 2. The van der Waals surface area contributed by atoms with Gasteiger partial charge in [0, 0.05) is 32.1 Å². The maximum atomic E-state index is 12.3. The highest BCUT2D eigenvalue weighted by atomic mass is 16.2. The normalized spacial score (nSPS) is 23.0. The molecule has 2 heterocycles. The van der Waals surface area contributed by atoms with Crippen molar-refractivity contribution in [3.63, 3.8) is 0 Å². The Morgan fingerprint density at radius 2 is 1.72 bits per heavy atom. The molecule has 0 aromatic heterocycles. The lowest BCUT2D eigenvalue weighted by atomic mass is 9.95. The van der Waals surface area contributed by atoms with Crippen molar-refractivity contribution >= 4 is 11.8 Å². The van der Waals surface area contributed by atoms with Crippen LogP contribution in [-0.4, -0.2) is 67.4 Å². The lowest BCUT2D eigenvalue weighted by Gasteiger charge is -2.35. The average Bonchev–Trinajstić information content (AvgIpc) is 2.39. The summed E-state index contributed by atoms with van der Waals surface area (Å²) >= 11 is 0. The fourth-order valence-electron chi connectivity index (χ4n) is 2.70. The van der Waals surface area contributed by atoms with Crippen LogP contribution < -0.4 is 11.1 Å². The number of nitrogens with one attached hydrogen (secondary N) is 1. The molecule has 0 unspecified atom stereocenters. The van der Waals surface area contributed by atoms with Crippen molar-refractivity contribution in [2.75, 3.05) is 45.8 Å². The number of amides is 2. The van der Waals surface area contributed by atoms with Gasteiger partial charge in [0.05, 0.1) is 6.54 Å². The fourth-order valence-corrected chi connectivity index (χ4v) is 2.70. The zero-order chi connectivity index (χ0) is 13.0. The molecule has 0 aromatic rings. The van der Waals surface area contributed by atoms with Crippen LogP contribution in [0.25, 0.3) is 0 Å². The Morgan fingerprint density at radius 3 is 2.28 bits per heavy atom. The van der Waals surface area contributed by atoms with E-state index < -0.39 is 0 Å². The summed E-state index contributed by atoms with van der Waals surface area (Å²) in [5.41, 5.74) is 5.17. The molecule has 6 nitrogen and oxygen atoms in total. The minimum absolute atomic E-state index is 0.132. The van der Waals surface area contributed by atoms with Gasteiger partial charge in [-0.25, -0.2) is 0 Å². The Morgan fingerprint density at radius 1 is 1.11 bits per heavy atom. The molecular weight excluding hydrogens is 232 g/mol. The Hall–Kier alpha value is -1.14. The molecule has 0 spiro atoms. The van der Waals surface area contributed by atoms with Crippen molar-refractivity contribution in [3.05, 3.63) is 0 Å². The summed E-state index contributed by atoms with van der Waals surface area (Å²) < 4.78 is 0. The zero-order valence-electron chi connectivity index (χ0n) is 10.7. The third-order valence-corrected chi connectivity index (χ3v) is 3.74. The van der Waals surface area contributed by atoms with Crippen molar-refractivity contribution in [3.8, 4) is 0 Å². The average molecular weight is 254 g/mol. The van der Waals surface area contributed by atoms with Crippen molar-refractivity contribution in [1.29, 1.82) is 0 Å². The predicted molar refractivity (Wildman–Crippen MR) is 67.8 cm³/mol. The second-order valence-corrected chi connectivity index (χ2v) is 5.09. The molecule has 2 aliphatic rings. The van der Waals surface area contributed by atoms with Crippen LogP contribution in [0, 0.1) is 5.92 Å². The zero-order valence-corrected chi connectivity index (χ0v) is 10.7. The summed E-state index contributed by atoms with van der Waals surface area (Å²) in [6, 6.07) is 0. The Bertz CT molecular complexity index is 307. The maximum absolute atomic E-state index is 12.3. The number of rotatable bonds is 3. The molecule has 2 rings (SSSR count). The summed E-state index contributed by atoms with van der Waals surface area (Å²) in [6.07, 6.45) is 1.69. The molecule has 0 bridgehead atoms. The second kappa shape index (κ2) is 6.15. The number of hydrogen-bond acceptors (Lipinski definition) is 4. The maximum Gasteiger partial charge on any atom is 0.231 e. The number of piperazine rings is 1. The minimum Gasteiger partial charge on any atom is -0.369 e. The number of likely N-dealkylation sites (tertiary alicyclic amines) is 1. The van der Waals surface area contributed by atoms with E-state index in [1.54, 1.807) is 0 Å². The smallest absolute Gasteiger partial charge is 0.231 e. The number of carbonyl (C=O) groups is 2. The molecule has 2 aliphatic heterocycles. The Kier molecular flexibility index (Phi) is 4.54. The molecule has 18 heavy (non-hydrogen) atoms. The SMILES string of the molecule is NC(=O)CN1CCC(C(=O)N2CCNCC2)CC1. The van der Waals surface area contributed by atoms with E-state index in [-0.39, 0.29) is 17.7 Å². The molecule has 0 atom stereocenters. The molecule has 0 aliphatic carbocycles. The van der Waals surface area contributed by atoms with Gasteiger partial charge in [0.15, 0.2) is 0 Å². The number of piperidine rings is 1. The molecule has 0 aromatic carbocycles. The van der Waals surface area contributed by atoms with Crippen molar-refractivity contribution in [2.45, 2.75) is 12.8 Å². The van der Waals surface area contributed by atoms with E-state index in [0.717, 1.165) is 52.1 Å². The Labute approximate surface area is 107 Å². The summed E-state index contributed by atoms with van der Waals surface area (Å²) in [4.78, 5) is 27.1. The second-order valence-electron chi connectivity index (χ2n) is 5.09. The third kappa shape index (κ3) is 3.43. The van der Waals surface area contributed by atoms with E-state index in [1.165, 1.54) is 0 Å². The van der Waals surface area contributed by atoms with Crippen molar-refractivity contribution in [1.82, 2.24) is 15.1 Å². The molecule has 6 heteroatoms. The van der Waals surface area contributed by atoms with Gasteiger partial charge in [-0.2, -0.15) is 0 Å². The molecular formula is C12H22N4O2. The number of nitrogens with zero attached hydrogens (tertiary/aromatic N) is 2. The number of hydrogen-bond donors (Lipinski definition) is 2. The van der Waals surface area contributed by atoms with E-state index in [4.69, 9.17) is 5.73 Å². The summed E-state index contributed by atoms with van der Waals surface area (Å²) in [5.74, 6) is 0.129. The van der Waals surface area contributed by atoms with Gasteiger partial charge in [-0.15, -0.1) is 0 Å². The summed E-state index contributed by atoms with van der Waals surface area (Å²) in [7, 11) is 0. The van der Waals surface area contributed by atoms with Gasteiger partial charge >= 0.3 is 0 Å². The van der Waals surface area contributed by atoms with Crippen LogP contribution in [0.2, 0.25) is 0 Å².